The highest BCUT2D eigenvalue weighted by molar-refractivity contribution is 7.09. The molecule has 0 aromatic carbocycles. The van der Waals surface area contributed by atoms with Gasteiger partial charge in [-0.15, -0.1) is 11.3 Å². The van der Waals surface area contributed by atoms with E-state index < -0.39 is 0 Å². The van der Waals surface area contributed by atoms with Crippen LogP contribution in [0.2, 0.25) is 0 Å². The van der Waals surface area contributed by atoms with Crippen LogP contribution >= 0.6 is 11.3 Å². The number of carbonyl (C=O) groups is 1. The van der Waals surface area contributed by atoms with Crippen LogP contribution in [0.4, 0.5) is 0 Å². The predicted molar refractivity (Wildman–Crippen MR) is 62.4 cm³/mol. The number of methoxy groups -OCH3 is 1. The molecule has 1 atom stereocenters. The van der Waals surface area contributed by atoms with E-state index in [2.05, 4.69) is 4.98 Å². The maximum absolute atomic E-state index is 11.8. The fraction of sp³-hybridized carbons (Fsp3) is 0.636. The first kappa shape index (κ1) is 11.5. The van der Waals surface area contributed by atoms with Crippen LogP contribution in [0.5, 0.6) is 0 Å². The number of nitrogens with zero attached hydrogens (tertiary/aromatic N) is 2. The number of aryl methyl sites for hydroxylation is 1. The Labute approximate surface area is 99.2 Å². The largest absolute Gasteiger partial charge is 0.375 e. The minimum atomic E-state index is 0.0675. The second-order valence-electron chi connectivity index (χ2n) is 4.01. The summed E-state index contributed by atoms with van der Waals surface area (Å²) in [5.41, 5.74) is 1.03. The summed E-state index contributed by atoms with van der Waals surface area (Å²) >= 11 is 1.64. The zero-order chi connectivity index (χ0) is 11.5. The standard InChI is InChI=1S/C11H16N2O2S/c1-8-7-16-11(12-8)9-4-3-5-13(9)10(14)6-15-2/h7,9H,3-6H2,1-2H3/t9-/m1/s1. The zero-order valence-corrected chi connectivity index (χ0v) is 10.4. The van der Waals surface area contributed by atoms with Crippen LogP contribution in [-0.2, 0) is 9.53 Å². The van der Waals surface area contributed by atoms with Crippen molar-refractivity contribution in [3.63, 3.8) is 0 Å². The van der Waals surface area contributed by atoms with Crippen molar-refractivity contribution in [2.45, 2.75) is 25.8 Å². The molecular weight excluding hydrogens is 224 g/mol. The van der Waals surface area contributed by atoms with Crippen molar-refractivity contribution >= 4 is 17.2 Å². The number of hydrogen-bond donors (Lipinski definition) is 0. The monoisotopic (exact) mass is 240 g/mol. The van der Waals surface area contributed by atoms with Gasteiger partial charge in [0, 0.05) is 24.7 Å². The Morgan fingerprint density at radius 1 is 1.75 bits per heavy atom. The average Bonchev–Trinajstić information content (AvgIpc) is 2.85. The fourth-order valence-corrected chi connectivity index (χ4v) is 3.00. The van der Waals surface area contributed by atoms with Crippen molar-refractivity contribution in [3.05, 3.63) is 16.1 Å². The van der Waals surface area contributed by atoms with Crippen molar-refractivity contribution in [2.75, 3.05) is 20.3 Å². The van der Waals surface area contributed by atoms with E-state index in [0.717, 1.165) is 30.1 Å². The van der Waals surface area contributed by atoms with E-state index in [1.54, 1.807) is 18.4 Å². The normalized spacial score (nSPS) is 20.4. The fourth-order valence-electron chi connectivity index (χ4n) is 2.05. The molecule has 1 aromatic heterocycles. The summed E-state index contributed by atoms with van der Waals surface area (Å²) in [7, 11) is 1.55. The molecule has 88 valence electrons. The smallest absolute Gasteiger partial charge is 0.249 e. The van der Waals surface area contributed by atoms with Crippen LogP contribution in [0.3, 0.4) is 0 Å². The summed E-state index contributed by atoms with van der Waals surface area (Å²) in [4.78, 5) is 18.2. The Morgan fingerprint density at radius 2 is 2.56 bits per heavy atom. The molecule has 5 heteroatoms. The van der Waals surface area contributed by atoms with Gasteiger partial charge in [0.1, 0.15) is 11.6 Å². The van der Waals surface area contributed by atoms with E-state index in [-0.39, 0.29) is 18.6 Å². The number of thiazole rings is 1. The van der Waals surface area contributed by atoms with Gasteiger partial charge in [0.15, 0.2) is 0 Å². The van der Waals surface area contributed by atoms with Crippen LogP contribution in [0.1, 0.15) is 29.6 Å². The van der Waals surface area contributed by atoms with E-state index in [1.165, 1.54) is 0 Å². The second-order valence-corrected chi connectivity index (χ2v) is 4.89. The number of hydrogen-bond acceptors (Lipinski definition) is 4. The van der Waals surface area contributed by atoms with E-state index in [1.807, 2.05) is 17.2 Å². The second kappa shape index (κ2) is 4.93. The number of likely N-dealkylation sites (tertiary alicyclic amines) is 1. The molecule has 1 amide bonds. The van der Waals surface area contributed by atoms with Gasteiger partial charge in [-0.2, -0.15) is 0 Å². The highest BCUT2D eigenvalue weighted by Gasteiger charge is 2.31. The van der Waals surface area contributed by atoms with Gasteiger partial charge in [0.05, 0.1) is 6.04 Å². The number of ether oxygens (including phenoxy) is 1. The molecule has 4 nitrogen and oxygen atoms in total. The first-order chi connectivity index (χ1) is 7.72. The van der Waals surface area contributed by atoms with Gasteiger partial charge in [-0.3, -0.25) is 4.79 Å². The number of aromatic nitrogens is 1. The Balaban J connectivity index is 2.11. The third kappa shape index (κ3) is 2.25. The molecule has 1 aliphatic rings. The van der Waals surface area contributed by atoms with E-state index in [0.29, 0.717) is 0 Å². The number of rotatable bonds is 3. The summed E-state index contributed by atoms with van der Waals surface area (Å²) in [5.74, 6) is 0.0675. The molecule has 1 saturated heterocycles. The third-order valence-electron chi connectivity index (χ3n) is 2.76. The lowest BCUT2D eigenvalue weighted by Gasteiger charge is -2.22. The molecule has 2 rings (SSSR count). The summed E-state index contributed by atoms with van der Waals surface area (Å²) in [6.45, 7) is 2.97. The van der Waals surface area contributed by atoms with Crippen LogP contribution < -0.4 is 0 Å². The molecule has 1 aromatic rings. The average molecular weight is 240 g/mol. The molecule has 1 aliphatic heterocycles. The molecule has 0 N–H and O–H groups in total. The SMILES string of the molecule is COCC(=O)N1CCC[C@@H]1c1nc(C)cs1. The van der Waals surface area contributed by atoms with E-state index in [4.69, 9.17) is 4.74 Å². The maximum atomic E-state index is 11.8. The van der Waals surface area contributed by atoms with Crippen molar-refractivity contribution in [2.24, 2.45) is 0 Å². The minimum Gasteiger partial charge on any atom is -0.375 e. The highest BCUT2D eigenvalue weighted by Crippen LogP contribution is 2.33. The van der Waals surface area contributed by atoms with E-state index in [9.17, 15) is 4.79 Å². The molecule has 0 bridgehead atoms. The minimum absolute atomic E-state index is 0.0675. The van der Waals surface area contributed by atoms with Crippen LogP contribution in [-0.4, -0.2) is 36.1 Å². The first-order valence-electron chi connectivity index (χ1n) is 5.43. The van der Waals surface area contributed by atoms with Crippen molar-refractivity contribution < 1.29 is 9.53 Å². The highest BCUT2D eigenvalue weighted by atomic mass is 32.1. The summed E-state index contributed by atoms with van der Waals surface area (Å²) in [5, 5.41) is 3.09. The molecule has 0 saturated carbocycles. The van der Waals surface area contributed by atoms with Crippen molar-refractivity contribution in [1.29, 1.82) is 0 Å². The van der Waals surface area contributed by atoms with Gasteiger partial charge in [0.2, 0.25) is 5.91 Å². The number of amides is 1. The van der Waals surface area contributed by atoms with Crippen LogP contribution in [0, 0.1) is 6.92 Å². The zero-order valence-electron chi connectivity index (χ0n) is 9.60. The maximum Gasteiger partial charge on any atom is 0.249 e. The first-order valence-corrected chi connectivity index (χ1v) is 6.30. The summed E-state index contributed by atoms with van der Waals surface area (Å²) < 4.78 is 4.90. The molecular formula is C11H16N2O2S. The van der Waals surface area contributed by atoms with Gasteiger partial charge in [0.25, 0.3) is 0 Å². The van der Waals surface area contributed by atoms with Gasteiger partial charge in [-0.25, -0.2) is 4.98 Å². The van der Waals surface area contributed by atoms with E-state index >= 15 is 0 Å². The number of carbonyl (C=O) groups excluding carboxylic acids is 1. The lowest BCUT2D eigenvalue weighted by Crippen LogP contribution is -2.33. The molecule has 1 fully saturated rings. The third-order valence-corrected chi connectivity index (χ3v) is 3.83. The lowest BCUT2D eigenvalue weighted by molar-refractivity contribution is -0.136. The quantitative estimate of drug-likeness (QED) is 0.808. The van der Waals surface area contributed by atoms with Gasteiger partial charge >= 0.3 is 0 Å². The molecule has 0 spiro atoms. The van der Waals surface area contributed by atoms with Crippen molar-refractivity contribution in [3.8, 4) is 0 Å². The van der Waals surface area contributed by atoms with Crippen molar-refractivity contribution in [1.82, 2.24) is 9.88 Å². The summed E-state index contributed by atoms with van der Waals surface area (Å²) in [6, 6.07) is 0.168. The molecule has 0 unspecified atom stereocenters. The topological polar surface area (TPSA) is 42.4 Å². The van der Waals surface area contributed by atoms with Crippen LogP contribution in [0.25, 0.3) is 0 Å². The Hall–Kier alpha value is -0.940. The Kier molecular flexibility index (Phi) is 3.56. The predicted octanol–water partition coefficient (Wildman–Crippen LogP) is 1.76. The summed E-state index contributed by atoms with van der Waals surface area (Å²) in [6.07, 6.45) is 2.07. The molecule has 0 radical (unpaired) electrons. The molecule has 16 heavy (non-hydrogen) atoms. The molecule has 2 heterocycles. The van der Waals surface area contributed by atoms with Gasteiger partial charge in [-0.1, -0.05) is 0 Å². The lowest BCUT2D eigenvalue weighted by atomic mass is 10.2. The Morgan fingerprint density at radius 3 is 3.19 bits per heavy atom. The Bertz CT molecular complexity index is 378. The van der Waals surface area contributed by atoms with Gasteiger partial charge in [-0.05, 0) is 19.8 Å². The van der Waals surface area contributed by atoms with Gasteiger partial charge < -0.3 is 9.64 Å². The molecule has 0 aliphatic carbocycles. The van der Waals surface area contributed by atoms with Crippen LogP contribution in [0.15, 0.2) is 5.38 Å².